The number of amides is 4. The molecular formula is C26H35Cl2N5O5. The maximum atomic E-state index is 13.9. The second-order valence-corrected chi connectivity index (χ2v) is 11.0. The summed E-state index contributed by atoms with van der Waals surface area (Å²) in [5.41, 5.74) is 6.42. The minimum atomic E-state index is -1.49. The fraction of sp³-hybridized carbons (Fsp3) is 0.538. The van der Waals surface area contributed by atoms with Gasteiger partial charge in [-0.2, -0.15) is 0 Å². The predicted molar refractivity (Wildman–Crippen MR) is 146 cm³/mol. The summed E-state index contributed by atoms with van der Waals surface area (Å²) in [6.45, 7) is 7.28. The summed E-state index contributed by atoms with van der Waals surface area (Å²) in [6, 6.07) is 1.33. The number of nitrogens with two attached hydrogens (primary N) is 1. The van der Waals surface area contributed by atoms with Crippen molar-refractivity contribution in [1.29, 1.82) is 0 Å². The highest BCUT2D eigenvalue weighted by molar-refractivity contribution is 6.38. The van der Waals surface area contributed by atoms with Crippen LogP contribution in [0.1, 0.15) is 58.2 Å². The van der Waals surface area contributed by atoms with Crippen LogP contribution < -0.4 is 21.7 Å². The summed E-state index contributed by atoms with van der Waals surface area (Å²) >= 11 is 12.7. The lowest BCUT2D eigenvalue weighted by molar-refractivity contribution is -0.137. The number of primary amides is 1. The second-order valence-electron chi connectivity index (χ2n) is 10.2. The van der Waals surface area contributed by atoms with Gasteiger partial charge in [0.15, 0.2) is 0 Å². The van der Waals surface area contributed by atoms with Gasteiger partial charge in [0.2, 0.25) is 17.7 Å². The highest BCUT2D eigenvalue weighted by Crippen LogP contribution is 2.38. The van der Waals surface area contributed by atoms with E-state index in [0.717, 1.165) is 16.6 Å². The van der Waals surface area contributed by atoms with E-state index in [4.69, 9.17) is 28.9 Å². The molecule has 5 atom stereocenters. The number of aromatic amines is 1. The molecule has 7 N–H and O–H groups in total. The lowest BCUT2D eigenvalue weighted by atomic mass is 9.78. The number of carbonyl (C=O) groups is 4. The molecule has 1 aliphatic rings. The van der Waals surface area contributed by atoms with Crippen LogP contribution in [0.3, 0.4) is 0 Å². The van der Waals surface area contributed by atoms with Crippen molar-refractivity contribution in [3.8, 4) is 0 Å². The summed E-state index contributed by atoms with van der Waals surface area (Å²) in [4.78, 5) is 54.5. The van der Waals surface area contributed by atoms with Crippen LogP contribution in [0.2, 0.25) is 10.0 Å². The first-order valence-electron chi connectivity index (χ1n) is 12.7. The average Bonchev–Trinajstić information content (AvgIpc) is 3.22. The van der Waals surface area contributed by atoms with Crippen LogP contribution >= 0.6 is 23.2 Å². The van der Waals surface area contributed by atoms with Crippen LogP contribution in [0.5, 0.6) is 0 Å². The molecule has 0 saturated heterocycles. The van der Waals surface area contributed by atoms with Crippen LogP contribution in [0.25, 0.3) is 10.9 Å². The summed E-state index contributed by atoms with van der Waals surface area (Å²) in [5, 5.41) is 18.8. The van der Waals surface area contributed by atoms with Gasteiger partial charge >= 0.3 is 6.09 Å². The number of fused-ring (bicyclic) bond motifs is 3. The topological polar surface area (TPSA) is 166 Å². The summed E-state index contributed by atoms with van der Waals surface area (Å²) in [5.74, 6) is -2.46. The fourth-order valence-corrected chi connectivity index (χ4v) is 5.53. The van der Waals surface area contributed by atoms with Crippen LogP contribution in [0.4, 0.5) is 4.79 Å². The molecule has 1 aliphatic carbocycles. The van der Waals surface area contributed by atoms with Crippen molar-refractivity contribution >= 4 is 57.9 Å². The quantitative estimate of drug-likeness (QED) is 0.258. The minimum absolute atomic E-state index is 0.0723. The van der Waals surface area contributed by atoms with E-state index in [-0.39, 0.29) is 24.7 Å². The van der Waals surface area contributed by atoms with E-state index in [1.807, 2.05) is 13.8 Å². The molecule has 1 heterocycles. The molecule has 2 aromatic rings. The van der Waals surface area contributed by atoms with E-state index in [2.05, 4.69) is 20.9 Å². The molecule has 2 unspecified atom stereocenters. The van der Waals surface area contributed by atoms with Crippen molar-refractivity contribution in [3.05, 3.63) is 33.4 Å². The number of benzene rings is 1. The van der Waals surface area contributed by atoms with Crippen molar-refractivity contribution in [1.82, 2.24) is 20.9 Å². The van der Waals surface area contributed by atoms with Crippen LogP contribution in [0.15, 0.2) is 12.1 Å². The van der Waals surface area contributed by atoms with E-state index in [1.54, 1.807) is 26.0 Å². The Kier molecular flexibility index (Phi) is 9.20. The number of rotatable bonds is 10. The summed E-state index contributed by atoms with van der Waals surface area (Å²) in [7, 11) is 0. The smallest absolute Gasteiger partial charge is 0.405 e. The Morgan fingerprint density at radius 1 is 1.08 bits per heavy atom. The van der Waals surface area contributed by atoms with Gasteiger partial charge in [0.25, 0.3) is 0 Å². The number of aromatic nitrogens is 1. The standard InChI is InChI=1S/C26H35Cl2N5O5/c1-5-12(3)19(22(29)34)31-24(36)26(33-23(35)20(13(4)6-2)32-25(37)38)8-7-18-16(11-26)15-9-14(27)10-17(28)21(15)30-18/h9-10,12-13,19-20,30,32H,5-8,11H2,1-4H3,(H2,29,34)(H,31,36)(H,33,35)(H,37,38)/t12-,13-,19?,20?,26+/m0/s1. The Bertz CT molecular complexity index is 1250. The average molecular weight is 569 g/mol. The first-order valence-corrected chi connectivity index (χ1v) is 13.5. The van der Waals surface area contributed by atoms with Gasteiger partial charge in [0.05, 0.1) is 10.5 Å². The molecule has 38 heavy (non-hydrogen) atoms. The monoisotopic (exact) mass is 567 g/mol. The molecule has 0 aliphatic heterocycles. The molecule has 1 aromatic carbocycles. The number of carboxylic acid groups (broad SMARTS) is 1. The van der Waals surface area contributed by atoms with E-state index < -0.39 is 41.4 Å². The molecule has 10 nitrogen and oxygen atoms in total. The zero-order valence-electron chi connectivity index (χ0n) is 21.9. The molecule has 0 saturated carbocycles. The molecule has 0 fully saturated rings. The molecular weight excluding hydrogens is 533 g/mol. The van der Waals surface area contributed by atoms with Crippen LogP contribution in [0, 0.1) is 11.8 Å². The maximum Gasteiger partial charge on any atom is 0.405 e. The van der Waals surface area contributed by atoms with Crippen molar-refractivity contribution < 1.29 is 24.3 Å². The van der Waals surface area contributed by atoms with E-state index >= 15 is 0 Å². The number of hydrogen-bond donors (Lipinski definition) is 6. The van der Waals surface area contributed by atoms with Crippen molar-refractivity contribution in [3.63, 3.8) is 0 Å². The molecule has 1 aromatic heterocycles. The lowest BCUT2D eigenvalue weighted by Gasteiger charge is -2.39. The molecule has 4 amide bonds. The Morgan fingerprint density at radius 2 is 1.71 bits per heavy atom. The molecule has 12 heteroatoms. The van der Waals surface area contributed by atoms with Gasteiger partial charge in [-0.15, -0.1) is 0 Å². The molecule has 0 spiro atoms. The first kappa shape index (κ1) is 29.6. The largest absolute Gasteiger partial charge is 0.465 e. The summed E-state index contributed by atoms with van der Waals surface area (Å²) in [6.07, 6.45) is 0.428. The number of carbonyl (C=O) groups excluding carboxylic acids is 3. The van der Waals surface area contributed by atoms with Gasteiger partial charge in [-0.05, 0) is 42.4 Å². The van der Waals surface area contributed by atoms with Crippen molar-refractivity contribution in [2.75, 3.05) is 0 Å². The van der Waals surface area contributed by atoms with Crippen molar-refractivity contribution in [2.24, 2.45) is 17.6 Å². The highest BCUT2D eigenvalue weighted by atomic mass is 35.5. The third-order valence-electron chi connectivity index (χ3n) is 7.68. The Morgan fingerprint density at radius 3 is 2.29 bits per heavy atom. The molecule has 0 bridgehead atoms. The Labute approximate surface area is 231 Å². The fourth-order valence-electron chi connectivity index (χ4n) is 4.99. The predicted octanol–water partition coefficient (Wildman–Crippen LogP) is 3.52. The number of hydrogen-bond acceptors (Lipinski definition) is 4. The molecule has 208 valence electrons. The number of halogens is 2. The number of H-pyrrole nitrogens is 1. The third-order valence-corrected chi connectivity index (χ3v) is 8.19. The zero-order valence-corrected chi connectivity index (χ0v) is 23.4. The molecule has 3 rings (SSSR count). The van der Waals surface area contributed by atoms with Crippen LogP contribution in [-0.4, -0.2) is 51.5 Å². The van der Waals surface area contributed by atoms with Gasteiger partial charge < -0.3 is 31.8 Å². The Balaban J connectivity index is 2.08. The van der Waals surface area contributed by atoms with E-state index in [0.29, 0.717) is 34.8 Å². The minimum Gasteiger partial charge on any atom is -0.465 e. The van der Waals surface area contributed by atoms with E-state index in [9.17, 15) is 24.3 Å². The van der Waals surface area contributed by atoms with Gasteiger partial charge in [-0.25, -0.2) is 4.79 Å². The Hall–Kier alpha value is -2.98. The zero-order chi connectivity index (χ0) is 28.4. The van der Waals surface area contributed by atoms with Gasteiger partial charge in [0, 0.05) is 22.5 Å². The van der Waals surface area contributed by atoms with Crippen LogP contribution in [-0.2, 0) is 27.2 Å². The number of aryl methyl sites for hydroxylation is 1. The van der Waals surface area contributed by atoms with Gasteiger partial charge in [0.1, 0.15) is 17.6 Å². The van der Waals surface area contributed by atoms with E-state index in [1.165, 1.54) is 0 Å². The third kappa shape index (κ3) is 6.02. The van der Waals surface area contributed by atoms with Gasteiger partial charge in [-0.1, -0.05) is 63.7 Å². The van der Waals surface area contributed by atoms with Gasteiger partial charge in [-0.3, -0.25) is 14.4 Å². The lowest BCUT2D eigenvalue weighted by Crippen LogP contribution is -2.67. The first-order chi connectivity index (χ1) is 17.8. The summed E-state index contributed by atoms with van der Waals surface area (Å²) < 4.78 is 0. The highest BCUT2D eigenvalue weighted by Gasteiger charge is 2.46. The molecule has 0 radical (unpaired) electrons. The number of nitrogens with one attached hydrogen (secondary N) is 4. The normalized spacial score (nSPS) is 20.1. The maximum absolute atomic E-state index is 13.9. The SMILES string of the molecule is CC[C@H](C)C(NC(=O)[C@@]1(NC(=O)C(NC(=O)O)[C@@H](C)CC)CCc2[nH]c3c(Cl)cc(Cl)cc3c2C1)C(N)=O. The second kappa shape index (κ2) is 11.8. The van der Waals surface area contributed by atoms with Crippen molar-refractivity contribution in [2.45, 2.75) is 77.4 Å².